The molecule has 1 atom stereocenters. The largest absolute Gasteiger partial charge is 0.369 e. The highest BCUT2D eigenvalue weighted by atomic mass is 19.1. The normalized spacial score (nSPS) is 20.1. The number of amides is 1. The molecule has 1 amide bonds. The van der Waals surface area contributed by atoms with Gasteiger partial charge in [-0.3, -0.25) is 4.79 Å². The molecule has 1 N–H and O–H groups in total. The highest BCUT2D eigenvalue weighted by Crippen LogP contribution is 2.31. The van der Waals surface area contributed by atoms with E-state index in [-0.39, 0.29) is 17.6 Å². The molecule has 4 heteroatoms. The molecule has 1 unspecified atom stereocenters. The van der Waals surface area contributed by atoms with Crippen molar-refractivity contribution in [3.8, 4) is 0 Å². The maximum atomic E-state index is 13.6. The van der Waals surface area contributed by atoms with Crippen molar-refractivity contribution in [3.05, 3.63) is 24.0 Å². The van der Waals surface area contributed by atoms with E-state index in [0.717, 1.165) is 12.2 Å². The number of hydrogen-bond donors (Lipinski definition) is 1. The molecule has 1 aromatic carbocycles. The average Bonchev–Trinajstić information content (AvgIpc) is 2.39. The summed E-state index contributed by atoms with van der Waals surface area (Å²) in [7, 11) is 0. The van der Waals surface area contributed by atoms with Crippen LogP contribution in [-0.2, 0) is 4.79 Å². The molecule has 0 aliphatic carbocycles. The molecule has 1 aromatic rings. The Balaban J connectivity index is 2.50. The lowest BCUT2D eigenvalue weighted by molar-refractivity contribution is -0.119. The summed E-state index contributed by atoms with van der Waals surface area (Å²) < 4.78 is 13.6. The number of nitrogens with one attached hydrogen (secondary N) is 1. The molecule has 0 bridgehead atoms. The molecule has 0 spiro atoms. The quantitative estimate of drug-likeness (QED) is 0.790. The van der Waals surface area contributed by atoms with E-state index in [2.05, 4.69) is 5.32 Å². The van der Waals surface area contributed by atoms with Gasteiger partial charge in [-0.2, -0.15) is 0 Å². The van der Waals surface area contributed by atoms with Gasteiger partial charge in [0.15, 0.2) is 0 Å². The van der Waals surface area contributed by atoms with E-state index in [0.29, 0.717) is 12.2 Å². The number of carbonyl (C=O) groups excluding carboxylic acids is 1. The first-order valence-corrected chi connectivity index (χ1v) is 5.47. The smallest absolute Gasteiger partial charge is 0.229 e. The summed E-state index contributed by atoms with van der Waals surface area (Å²) >= 11 is 0. The molecule has 0 aromatic heterocycles. The predicted octanol–water partition coefficient (Wildman–Crippen LogP) is 2.24. The Morgan fingerprint density at radius 1 is 1.56 bits per heavy atom. The van der Waals surface area contributed by atoms with E-state index in [1.54, 1.807) is 6.07 Å². The van der Waals surface area contributed by atoms with Crippen LogP contribution >= 0.6 is 0 Å². The van der Waals surface area contributed by atoms with Crippen LogP contribution in [0.2, 0.25) is 0 Å². The molecule has 86 valence electrons. The lowest BCUT2D eigenvalue weighted by Crippen LogP contribution is -2.30. The number of halogens is 1. The highest BCUT2D eigenvalue weighted by molar-refractivity contribution is 5.97. The van der Waals surface area contributed by atoms with Gasteiger partial charge in [-0.1, -0.05) is 13.0 Å². The molecular weight excluding hydrogens is 207 g/mol. The summed E-state index contributed by atoms with van der Waals surface area (Å²) in [5, 5.41) is 2.65. The molecule has 16 heavy (non-hydrogen) atoms. The molecule has 3 nitrogen and oxygen atoms in total. The van der Waals surface area contributed by atoms with Gasteiger partial charge < -0.3 is 10.2 Å². The topological polar surface area (TPSA) is 32.3 Å². The number of fused-ring (bicyclic) bond motifs is 1. The van der Waals surface area contributed by atoms with Gasteiger partial charge in [-0.25, -0.2) is 4.39 Å². The second kappa shape index (κ2) is 4.12. The summed E-state index contributed by atoms with van der Waals surface area (Å²) in [5.41, 5.74) is 1.07. The Hall–Kier alpha value is -1.58. The Bertz CT molecular complexity index is 419. The molecule has 1 aliphatic heterocycles. The number of carbonyl (C=O) groups is 1. The van der Waals surface area contributed by atoms with Crippen molar-refractivity contribution in [1.29, 1.82) is 0 Å². The van der Waals surface area contributed by atoms with Crippen LogP contribution in [0.3, 0.4) is 0 Å². The lowest BCUT2D eigenvalue weighted by Gasteiger charge is -2.23. The number of nitrogens with zero attached hydrogens (tertiary/aromatic N) is 1. The Morgan fingerprint density at radius 2 is 2.31 bits per heavy atom. The van der Waals surface area contributed by atoms with Crippen LogP contribution in [0.25, 0.3) is 0 Å². The zero-order valence-corrected chi connectivity index (χ0v) is 9.46. The fourth-order valence-electron chi connectivity index (χ4n) is 1.96. The minimum Gasteiger partial charge on any atom is -0.369 e. The van der Waals surface area contributed by atoms with E-state index in [9.17, 15) is 9.18 Å². The maximum Gasteiger partial charge on any atom is 0.229 e. The fraction of sp³-hybridized carbons (Fsp3) is 0.417. The molecule has 2 rings (SSSR count). The first-order chi connectivity index (χ1) is 7.63. The van der Waals surface area contributed by atoms with Crippen molar-refractivity contribution in [2.75, 3.05) is 23.3 Å². The molecule has 0 saturated carbocycles. The van der Waals surface area contributed by atoms with Crippen LogP contribution in [0.4, 0.5) is 15.8 Å². The van der Waals surface area contributed by atoms with E-state index in [1.807, 2.05) is 24.8 Å². The number of hydrogen-bond acceptors (Lipinski definition) is 2. The van der Waals surface area contributed by atoms with Crippen LogP contribution in [0.5, 0.6) is 0 Å². The second-order valence-electron chi connectivity index (χ2n) is 4.06. The first-order valence-electron chi connectivity index (χ1n) is 5.47. The predicted molar refractivity (Wildman–Crippen MR) is 62.1 cm³/mol. The molecule has 0 saturated heterocycles. The van der Waals surface area contributed by atoms with Crippen LogP contribution in [0.1, 0.15) is 13.8 Å². The van der Waals surface area contributed by atoms with E-state index < -0.39 is 0 Å². The summed E-state index contributed by atoms with van der Waals surface area (Å²) in [5.74, 6) is -0.632. The van der Waals surface area contributed by atoms with Crippen LogP contribution in [-0.4, -0.2) is 19.0 Å². The van der Waals surface area contributed by atoms with Crippen LogP contribution in [0, 0.1) is 11.7 Å². The lowest BCUT2D eigenvalue weighted by atomic mass is 10.1. The molecular formula is C12H15FN2O. The highest BCUT2D eigenvalue weighted by Gasteiger charge is 2.25. The molecule has 1 heterocycles. The van der Waals surface area contributed by atoms with Gasteiger partial charge in [0, 0.05) is 13.1 Å². The standard InChI is InChI=1S/C12H15FN2O/c1-3-15-7-8(2)12(16)14-11-9(13)5-4-6-10(11)15/h4-6,8H,3,7H2,1-2H3,(H,14,16). The van der Waals surface area contributed by atoms with Gasteiger partial charge in [0.1, 0.15) is 11.5 Å². The van der Waals surface area contributed by atoms with Crippen molar-refractivity contribution in [3.63, 3.8) is 0 Å². The number of benzene rings is 1. The monoisotopic (exact) mass is 222 g/mol. The third kappa shape index (κ3) is 1.75. The maximum absolute atomic E-state index is 13.6. The van der Waals surface area contributed by atoms with Crippen LogP contribution in [0.15, 0.2) is 18.2 Å². The Labute approximate surface area is 94.3 Å². The van der Waals surface area contributed by atoms with Gasteiger partial charge in [0.25, 0.3) is 0 Å². The number of rotatable bonds is 1. The Kier molecular flexibility index (Phi) is 2.81. The van der Waals surface area contributed by atoms with E-state index in [4.69, 9.17) is 0 Å². The third-order valence-corrected chi connectivity index (χ3v) is 2.90. The minimum atomic E-state index is -0.376. The Morgan fingerprint density at radius 3 is 3.00 bits per heavy atom. The van der Waals surface area contributed by atoms with Gasteiger partial charge in [-0.15, -0.1) is 0 Å². The van der Waals surface area contributed by atoms with Gasteiger partial charge >= 0.3 is 0 Å². The van der Waals surface area contributed by atoms with Gasteiger partial charge in [-0.05, 0) is 19.1 Å². The van der Waals surface area contributed by atoms with Crippen molar-refractivity contribution < 1.29 is 9.18 Å². The molecule has 1 aliphatic rings. The summed E-state index contributed by atoms with van der Waals surface area (Å²) in [6.45, 7) is 5.23. The fourth-order valence-corrected chi connectivity index (χ4v) is 1.96. The second-order valence-corrected chi connectivity index (χ2v) is 4.06. The molecule has 0 fully saturated rings. The van der Waals surface area contributed by atoms with Crippen molar-refractivity contribution in [1.82, 2.24) is 0 Å². The summed E-state index contributed by atoms with van der Waals surface area (Å²) in [6.07, 6.45) is 0. The third-order valence-electron chi connectivity index (χ3n) is 2.90. The minimum absolute atomic E-state index is 0.123. The molecule has 0 radical (unpaired) electrons. The van der Waals surface area contributed by atoms with E-state index in [1.165, 1.54) is 6.07 Å². The SMILES string of the molecule is CCN1CC(C)C(=O)Nc2c(F)cccc21. The summed E-state index contributed by atoms with van der Waals surface area (Å²) in [6, 6.07) is 4.86. The van der Waals surface area contributed by atoms with Gasteiger partial charge in [0.05, 0.1) is 11.6 Å². The zero-order valence-electron chi connectivity index (χ0n) is 9.46. The number of anilines is 2. The van der Waals surface area contributed by atoms with Crippen molar-refractivity contribution >= 4 is 17.3 Å². The van der Waals surface area contributed by atoms with Crippen LogP contribution < -0.4 is 10.2 Å². The van der Waals surface area contributed by atoms with Crippen molar-refractivity contribution in [2.45, 2.75) is 13.8 Å². The summed E-state index contributed by atoms with van der Waals surface area (Å²) in [4.78, 5) is 13.7. The first kappa shape index (κ1) is 10.9. The van der Waals surface area contributed by atoms with E-state index >= 15 is 0 Å². The van der Waals surface area contributed by atoms with Crippen molar-refractivity contribution in [2.24, 2.45) is 5.92 Å². The zero-order chi connectivity index (χ0) is 11.7. The van der Waals surface area contributed by atoms with Gasteiger partial charge in [0.2, 0.25) is 5.91 Å². The average molecular weight is 222 g/mol. The number of para-hydroxylation sites is 1.